The van der Waals surface area contributed by atoms with E-state index in [1.807, 2.05) is 37.3 Å². The van der Waals surface area contributed by atoms with Crippen molar-refractivity contribution in [1.82, 2.24) is 4.57 Å². The van der Waals surface area contributed by atoms with Crippen LogP contribution in [-0.4, -0.2) is 15.6 Å². The van der Waals surface area contributed by atoms with E-state index in [0.29, 0.717) is 0 Å². The summed E-state index contributed by atoms with van der Waals surface area (Å²) in [6, 6.07) is 11.0. The molecule has 0 spiro atoms. The number of nitriles is 1. The fourth-order valence-electron chi connectivity index (χ4n) is 1.99. The van der Waals surface area contributed by atoms with Gasteiger partial charge in [-0.05, 0) is 24.1 Å². The van der Waals surface area contributed by atoms with Crippen LogP contribution in [0.2, 0.25) is 0 Å². The molecule has 0 aliphatic rings. The number of benzene rings is 1. The number of carboxylic acids is 1. The van der Waals surface area contributed by atoms with Gasteiger partial charge in [-0.1, -0.05) is 25.1 Å². The Balaban J connectivity index is 2.69. The maximum Gasteiger partial charge on any atom is 0.354 e. The summed E-state index contributed by atoms with van der Waals surface area (Å²) >= 11 is 0. The number of aromatic carboxylic acids is 1. The highest BCUT2D eigenvalue weighted by atomic mass is 16.4. The van der Waals surface area contributed by atoms with E-state index >= 15 is 0 Å². The number of aromatic nitrogens is 1. The average Bonchev–Trinajstić information content (AvgIpc) is 2.82. The van der Waals surface area contributed by atoms with Crippen LogP contribution >= 0.6 is 0 Å². The standard InChI is InChI=1S/C14H12N2O2/c1-2-10-5-3-4-6-12(10)16-8-7-11(9-15)13(16)14(17)18/h3-8H,2H2,1H3,(H,17,18). The van der Waals surface area contributed by atoms with Crippen LogP contribution in [0, 0.1) is 11.3 Å². The Hall–Kier alpha value is -2.54. The molecule has 2 aromatic rings. The molecule has 0 unspecified atom stereocenters. The third-order valence-corrected chi connectivity index (χ3v) is 2.84. The van der Waals surface area contributed by atoms with Crippen LogP contribution in [-0.2, 0) is 6.42 Å². The molecule has 0 aliphatic carbocycles. The second-order valence-electron chi connectivity index (χ2n) is 3.85. The summed E-state index contributed by atoms with van der Waals surface area (Å²) in [7, 11) is 0. The summed E-state index contributed by atoms with van der Waals surface area (Å²) in [5.74, 6) is -1.09. The summed E-state index contributed by atoms with van der Waals surface area (Å²) in [6.07, 6.45) is 2.42. The van der Waals surface area contributed by atoms with Gasteiger partial charge in [0.2, 0.25) is 0 Å². The molecule has 0 fully saturated rings. The van der Waals surface area contributed by atoms with E-state index in [2.05, 4.69) is 0 Å². The van der Waals surface area contributed by atoms with Crippen LogP contribution in [0.4, 0.5) is 0 Å². The topological polar surface area (TPSA) is 66.0 Å². The van der Waals surface area contributed by atoms with Gasteiger partial charge in [0.05, 0.1) is 5.56 Å². The van der Waals surface area contributed by atoms with Crippen molar-refractivity contribution in [3.05, 3.63) is 53.3 Å². The SMILES string of the molecule is CCc1ccccc1-n1ccc(C#N)c1C(=O)O. The van der Waals surface area contributed by atoms with Crippen molar-refractivity contribution in [2.24, 2.45) is 0 Å². The molecule has 0 radical (unpaired) electrons. The molecule has 4 nitrogen and oxygen atoms in total. The van der Waals surface area contributed by atoms with Crippen molar-refractivity contribution in [1.29, 1.82) is 5.26 Å². The molecule has 2 rings (SSSR count). The lowest BCUT2D eigenvalue weighted by Crippen LogP contribution is -2.09. The number of nitrogens with zero attached hydrogens (tertiary/aromatic N) is 2. The van der Waals surface area contributed by atoms with E-state index in [0.717, 1.165) is 17.7 Å². The van der Waals surface area contributed by atoms with Crippen molar-refractivity contribution in [3.8, 4) is 11.8 Å². The molecule has 0 saturated heterocycles. The largest absolute Gasteiger partial charge is 0.477 e. The molecule has 4 heteroatoms. The van der Waals surface area contributed by atoms with Crippen LogP contribution in [0.3, 0.4) is 0 Å². The van der Waals surface area contributed by atoms with Crippen LogP contribution in [0.5, 0.6) is 0 Å². The van der Waals surface area contributed by atoms with E-state index in [1.54, 1.807) is 10.8 Å². The molecule has 0 saturated carbocycles. The van der Waals surface area contributed by atoms with Gasteiger partial charge in [0, 0.05) is 11.9 Å². The molecule has 0 atom stereocenters. The van der Waals surface area contributed by atoms with Crippen LogP contribution in [0.25, 0.3) is 5.69 Å². The number of para-hydroxylation sites is 1. The number of carboxylic acid groups (broad SMARTS) is 1. The Morgan fingerprint density at radius 3 is 2.72 bits per heavy atom. The predicted octanol–water partition coefficient (Wildman–Crippen LogP) is 2.61. The highest BCUT2D eigenvalue weighted by Gasteiger charge is 2.18. The van der Waals surface area contributed by atoms with Crippen molar-refractivity contribution in [2.75, 3.05) is 0 Å². The molecule has 1 aromatic heterocycles. The number of rotatable bonds is 3. The molecule has 1 N–H and O–H groups in total. The summed E-state index contributed by atoms with van der Waals surface area (Å²) in [5, 5.41) is 18.1. The van der Waals surface area contributed by atoms with Crippen molar-refractivity contribution < 1.29 is 9.90 Å². The summed E-state index contributed by atoms with van der Waals surface area (Å²) < 4.78 is 1.56. The summed E-state index contributed by atoms with van der Waals surface area (Å²) in [6.45, 7) is 2.01. The quantitative estimate of drug-likeness (QED) is 0.896. The first kappa shape index (κ1) is 11.9. The first-order valence-electron chi connectivity index (χ1n) is 5.62. The smallest absolute Gasteiger partial charge is 0.354 e. The van der Waals surface area contributed by atoms with E-state index in [1.165, 1.54) is 6.07 Å². The fraction of sp³-hybridized carbons (Fsp3) is 0.143. The Morgan fingerprint density at radius 2 is 2.11 bits per heavy atom. The maximum atomic E-state index is 11.3. The van der Waals surface area contributed by atoms with Gasteiger partial charge in [-0.15, -0.1) is 0 Å². The van der Waals surface area contributed by atoms with Crippen LogP contribution in [0.15, 0.2) is 36.5 Å². The van der Waals surface area contributed by atoms with Crippen molar-refractivity contribution in [3.63, 3.8) is 0 Å². The van der Waals surface area contributed by atoms with E-state index < -0.39 is 5.97 Å². The Labute approximate surface area is 105 Å². The molecular weight excluding hydrogens is 228 g/mol. The molecule has 0 aliphatic heterocycles. The summed E-state index contributed by atoms with van der Waals surface area (Å²) in [4.78, 5) is 11.3. The van der Waals surface area contributed by atoms with Gasteiger partial charge in [0.1, 0.15) is 11.8 Å². The molecular formula is C14H12N2O2. The van der Waals surface area contributed by atoms with Crippen LogP contribution in [0.1, 0.15) is 28.5 Å². The van der Waals surface area contributed by atoms with Gasteiger partial charge in [-0.3, -0.25) is 0 Å². The summed E-state index contributed by atoms with van der Waals surface area (Å²) in [5.41, 5.74) is 2.03. The lowest BCUT2D eigenvalue weighted by molar-refractivity contribution is 0.0688. The van der Waals surface area contributed by atoms with Gasteiger partial charge in [0.25, 0.3) is 0 Å². The Morgan fingerprint density at radius 1 is 1.39 bits per heavy atom. The fourth-order valence-corrected chi connectivity index (χ4v) is 1.99. The lowest BCUT2D eigenvalue weighted by atomic mass is 10.1. The van der Waals surface area contributed by atoms with Crippen molar-refractivity contribution in [2.45, 2.75) is 13.3 Å². The first-order chi connectivity index (χ1) is 8.69. The second kappa shape index (κ2) is 4.76. The van der Waals surface area contributed by atoms with Crippen molar-refractivity contribution >= 4 is 5.97 Å². The zero-order valence-corrected chi connectivity index (χ0v) is 9.92. The van der Waals surface area contributed by atoms with E-state index in [-0.39, 0.29) is 11.3 Å². The average molecular weight is 240 g/mol. The lowest BCUT2D eigenvalue weighted by Gasteiger charge is -2.11. The monoisotopic (exact) mass is 240 g/mol. The highest BCUT2D eigenvalue weighted by molar-refractivity contribution is 5.89. The van der Waals surface area contributed by atoms with Crippen LogP contribution < -0.4 is 0 Å². The second-order valence-corrected chi connectivity index (χ2v) is 3.85. The zero-order chi connectivity index (χ0) is 13.1. The minimum absolute atomic E-state index is 0.0124. The van der Waals surface area contributed by atoms with Gasteiger partial charge in [-0.2, -0.15) is 5.26 Å². The van der Waals surface area contributed by atoms with Gasteiger partial charge >= 0.3 is 5.97 Å². The maximum absolute atomic E-state index is 11.3. The normalized spacial score (nSPS) is 10.0. The zero-order valence-electron chi connectivity index (χ0n) is 9.92. The molecule has 1 aromatic carbocycles. The Bertz CT molecular complexity index is 635. The molecule has 18 heavy (non-hydrogen) atoms. The Kier molecular flexibility index (Phi) is 3.16. The minimum atomic E-state index is -1.09. The molecule has 1 heterocycles. The number of carbonyl (C=O) groups is 1. The third kappa shape index (κ3) is 1.87. The predicted molar refractivity (Wildman–Crippen MR) is 66.8 cm³/mol. The highest BCUT2D eigenvalue weighted by Crippen LogP contribution is 2.20. The van der Waals surface area contributed by atoms with Gasteiger partial charge in [0.15, 0.2) is 0 Å². The molecule has 0 amide bonds. The molecule has 90 valence electrons. The van der Waals surface area contributed by atoms with E-state index in [9.17, 15) is 9.90 Å². The van der Waals surface area contributed by atoms with Gasteiger partial charge in [-0.25, -0.2) is 4.79 Å². The number of hydrogen-bond acceptors (Lipinski definition) is 2. The van der Waals surface area contributed by atoms with Gasteiger partial charge < -0.3 is 9.67 Å². The third-order valence-electron chi connectivity index (χ3n) is 2.84. The molecule has 0 bridgehead atoms. The van der Waals surface area contributed by atoms with E-state index in [4.69, 9.17) is 5.26 Å². The first-order valence-corrected chi connectivity index (χ1v) is 5.62. The number of aryl methyl sites for hydroxylation is 1. The minimum Gasteiger partial charge on any atom is -0.477 e. The number of hydrogen-bond donors (Lipinski definition) is 1.